The summed E-state index contributed by atoms with van der Waals surface area (Å²) in [5.74, 6) is 1.03. The van der Waals surface area contributed by atoms with E-state index in [9.17, 15) is 0 Å². The number of thiocyanates is 1. The number of nitrogens with zero attached hydrogens (tertiary/aromatic N) is 5. The largest absolute Gasteiger partial charge is 0.354 e. The van der Waals surface area contributed by atoms with Crippen LogP contribution in [0.1, 0.15) is 6.92 Å². The molecule has 1 heterocycles. The van der Waals surface area contributed by atoms with Crippen LogP contribution in [0.15, 0.2) is 5.16 Å². The highest BCUT2D eigenvalue weighted by Gasteiger charge is 2.07. The molecule has 6 nitrogen and oxygen atoms in total. The molecule has 0 atom stereocenters. The summed E-state index contributed by atoms with van der Waals surface area (Å²) in [6.07, 6.45) is 0. The SMILES string of the molecule is CCNc1nc(SC#N)nc(N(C)C)n1. The molecule has 1 rings (SSSR count). The Morgan fingerprint density at radius 1 is 1.40 bits per heavy atom. The molecule has 0 aliphatic carbocycles. The fourth-order valence-corrected chi connectivity index (χ4v) is 1.21. The van der Waals surface area contributed by atoms with Gasteiger partial charge in [0.05, 0.1) is 0 Å². The minimum absolute atomic E-state index is 0.409. The van der Waals surface area contributed by atoms with Crippen LogP contribution in [-0.4, -0.2) is 35.6 Å². The fourth-order valence-electron chi connectivity index (χ4n) is 0.870. The molecule has 1 aromatic heterocycles. The smallest absolute Gasteiger partial charge is 0.230 e. The number of nitrogens with one attached hydrogen (secondary N) is 1. The van der Waals surface area contributed by atoms with E-state index in [0.717, 1.165) is 18.3 Å². The van der Waals surface area contributed by atoms with Gasteiger partial charge in [-0.2, -0.15) is 20.2 Å². The van der Waals surface area contributed by atoms with E-state index < -0.39 is 0 Å². The van der Waals surface area contributed by atoms with Crippen molar-refractivity contribution in [3.8, 4) is 5.40 Å². The molecule has 0 saturated heterocycles. The van der Waals surface area contributed by atoms with Crippen molar-refractivity contribution in [3.05, 3.63) is 0 Å². The van der Waals surface area contributed by atoms with E-state index >= 15 is 0 Å². The van der Waals surface area contributed by atoms with Crippen molar-refractivity contribution in [2.24, 2.45) is 0 Å². The zero-order valence-electron chi connectivity index (χ0n) is 8.85. The maximum absolute atomic E-state index is 8.55. The Balaban J connectivity index is 3.03. The Labute approximate surface area is 92.7 Å². The lowest BCUT2D eigenvalue weighted by Crippen LogP contribution is -2.15. The van der Waals surface area contributed by atoms with Crippen LogP contribution < -0.4 is 10.2 Å². The summed E-state index contributed by atoms with van der Waals surface area (Å²) in [6, 6.07) is 0. The molecule has 0 amide bonds. The van der Waals surface area contributed by atoms with Crippen LogP contribution in [0.3, 0.4) is 0 Å². The van der Waals surface area contributed by atoms with E-state index in [4.69, 9.17) is 5.26 Å². The topological polar surface area (TPSA) is 77.7 Å². The summed E-state index contributed by atoms with van der Waals surface area (Å²) in [5, 5.41) is 13.9. The van der Waals surface area contributed by atoms with Gasteiger partial charge in [0.15, 0.2) is 0 Å². The third-order valence-electron chi connectivity index (χ3n) is 1.47. The molecule has 15 heavy (non-hydrogen) atoms. The average Bonchev–Trinajstić information content (AvgIpc) is 2.18. The first kappa shape index (κ1) is 11.5. The van der Waals surface area contributed by atoms with E-state index in [2.05, 4.69) is 20.3 Å². The summed E-state index contributed by atoms with van der Waals surface area (Å²) in [6.45, 7) is 2.68. The van der Waals surface area contributed by atoms with Gasteiger partial charge in [0.1, 0.15) is 5.40 Å². The first-order valence-corrected chi connectivity index (χ1v) is 5.22. The third kappa shape index (κ3) is 3.25. The van der Waals surface area contributed by atoms with Gasteiger partial charge < -0.3 is 10.2 Å². The zero-order chi connectivity index (χ0) is 11.3. The van der Waals surface area contributed by atoms with Crippen molar-refractivity contribution >= 4 is 23.7 Å². The molecule has 0 radical (unpaired) electrons. The zero-order valence-corrected chi connectivity index (χ0v) is 9.67. The molecule has 1 aromatic rings. The predicted molar refractivity (Wildman–Crippen MR) is 59.8 cm³/mol. The number of thioether (sulfide) groups is 1. The van der Waals surface area contributed by atoms with Gasteiger partial charge in [0, 0.05) is 32.4 Å². The first-order chi connectivity index (χ1) is 7.17. The Kier molecular flexibility index (Phi) is 4.12. The van der Waals surface area contributed by atoms with Crippen LogP contribution in [0, 0.1) is 10.7 Å². The normalized spacial score (nSPS) is 9.47. The second-order valence-electron chi connectivity index (χ2n) is 2.86. The lowest BCUT2D eigenvalue weighted by Gasteiger charge is -2.11. The first-order valence-electron chi connectivity index (χ1n) is 4.40. The van der Waals surface area contributed by atoms with Crippen LogP contribution in [0.25, 0.3) is 0 Å². The molecule has 80 valence electrons. The highest BCUT2D eigenvalue weighted by Crippen LogP contribution is 2.16. The summed E-state index contributed by atoms with van der Waals surface area (Å²) < 4.78 is 0. The molecule has 0 bridgehead atoms. The van der Waals surface area contributed by atoms with Crippen LogP contribution in [0.4, 0.5) is 11.9 Å². The number of hydrogen-bond donors (Lipinski definition) is 1. The molecule has 0 saturated carbocycles. The average molecular weight is 224 g/mol. The molecule has 0 aliphatic heterocycles. The Morgan fingerprint density at radius 3 is 2.67 bits per heavy atom. The van der Waals surface area contributed by atoms with Crippen molar-refractivity contribution in [1.82, 2.24) is 15.0 Å². The standard InChI is InChI=1S/C8H12N6S/c1-4-10-6-11-7(14(2)3)13-8(12-6)15-5-9/h4H2,1-3H3,(H,10,11,12,13). The van der Waals surface area contributed by atoms with Gasteiger partial charge in [0.2, 0.25) is 17.1 Å². The number of aromatic nitrogens is 3. The van der Waals surface area contributed by atoms with Crippen molar-refractivity contribution in [2.75, 3.05) is 30.9 Å². The predicted octanol–water partition coefficient (Wildman–Crippen LogP) is 0.943. The van der Waals surface area contributed by atoms with E-state index in [1.54, 1.807) is 4.90 Å². The molecule has 0 fully saturated rings. The molecule has 0 spiro atoms. The van der Waals surface area contributed by atoms with Gasteiger partial charge >= 0.3 is 0 Å². The monoisotopic (exact) mass is 224 g/mol. The van der Waals surface area contributed by atoms with E-state index in [0.29, 0.717) is 17.1 Å². The fraction of sp³-hybridized carbons (Fsp3) is 0.500. The number of hydrogen-bond acceptors (Lipinski definition) is 7. The molecular weight excluding hydrogens is 212 g/mol. The molecule has 0 unspecified atom stereocenters. The van der Waals surface area contributed by atoms with Gasteiger partial charge in [-0.05, 0) is 6.92 Å². The lowest BCUT2D eigenvalue weighted by molar-refractivity contribution is 0.866. The van der Waals surface area contributed by atoms with Gasteiger partial charge in [0.25, 0.3) is 0 Å². The summed E-state index contributed by atoms with van der Waals surface area (Å²) in [5.41, 5.74) is 0. The molecular formula is C8H12N6S. The summed E-state index contributed by atoms with van der Waals surface area (Å²) in [4.78, 5) is 14.1. The second-order valence-corrected chi connectivity index (χ2v) is 3.61. The maximum Gasteiger partial charge on any atom is 0.230 e. The minimum Gasteiger partial charge on any atom is -0.354 e. The van der Waals surface area contributed by atoms with E-state index in [1.807, 2.05) is 26.4 Å². The lowest BCUT2D eigenvalue weighted by atomic mass is 10.7. The quantitative estimate of drug-likeness (QED) is 0.602. The molecule has 7 heteroatoms. The van der Waals surface area contributed by atoms with E-state index in [1.165, 1.54) is 0 Å². The van der Waals surface area contributed by atoms with Gasteiger partial charge in [-0.1, -0.05) is 0 Å². The number of anilines is 2. The van der Waals surface area contributed by atoms with Gasteiger partial charge in [-0.3, -0.25) is 0 Å². The highest BCUT2D eigenvalue weighted by atomic mass is 32.2. The second kappa shape index (κ2) is 5.36. The molecule has 0 aromatic carbocycles. The summed E-state index contributed by atoms with van der Waals surface area (Å²) in [7, 11) is 3.68. The van der Waals surface area contributed by atoms with Crippen LogP contribution >= 0.6 is 11.8 Å². The maximum atomic E-state index is 8.55. The van der Waals surface area contributed by atoms with Crippen molar-refractivity contribution < 1.29 is 0 Å². The van der Waals surface area contributed by atoms with Gasteiger partial charge in [-0.25, -0.2) is 0 Å². The summed E-state index contributed by atoms with van der Waals surface area (Å²) >= 11 is 0.924. The molecule has 0 aliphatic rings. The Hall–Kier alpha value is -1.55. The number of rotatable bonds is 4. The van der Waals surface area contributed by atoms with Crippen molar-refractivity contribution in [3.63, 3.8) is 0 Å². The Morgan fingerprint density at radius 2 is 2.13 bits per heavy atom. The Bertz CT molecular complexity index is 372. The van der Waals surface area contributed by atoms with Gasteiger partial charge in [-0.15, -0.1) is 0 Å². The van der Waals surface area contributed by atoms with Crippen molar-refractivity contribution in [1.29, 1.82) is 5.26 Å². The third-order valence-corrected chi connectivity index (χ3v) is 1.93. The van der Waals surface area contributed by atoms with Crippen LogP contribution in [-0.2, 0) is 0 Å². The van der Waals surface area contributed by atoms with Crippen LogP contribution in [0.2, 0.25) is 0 Å². The van der Waals surface area contributed by atoms with Crippen molar-refractivity contribution in [2.45, 2.75) is 12.1 Å². The minimum atomic E-state index is 0.409. The highest BCUT2D eigenvalue weighted by molar-refractivity contribution is 8.03. The van der Waals surface area contributed by atoms with E-state index in [-0.39, 0.29) is 0 Å². The van der Waals surface area contributed by atoms with Crippen LogP contribution in [0.5, 0.6) is 0 Å². The number of nitriles is 1. The molecule has 1 N–H and O–H groups in total.